The second kappa shape index (κ2) is 37.4. The number of nitrogens with one attached hydrogen (secondary N) is 6. The lowest BCUT2D eigenvalue weighted by Gasteiger charge is -2.26. The number of carbonyl (C=O) groups is 12. The molecule has 4 aromatic rings. The Morgan fingerprint density at radius 2 is 0.944 bits per heavy atom. The molecule has 6 amide bonds. The first-order valence-electron chi connectivity index (χ1n) is 28.3. The number of phenols is 2. The third kappa shape index (κ3) is 28.0. The number of carboxylic acid groups (broad SMARTS) is 7. The Balaban J connectivity index is 1.23. The fraction of sp³-hybridized carbons (Fsp3) is 0.400. The molecule has 486 valence electrons. The summed E-state index contributed by atoms with van der Waals surface area (Å²) in [5.74, 6) is -11.8. The number of aromatic hydroxyl groups is 2. The first-order valence-corrected chi connectivity index (χ1v) is 28.3. The zero-order chi connectivity index (χ0) is 66.3. The van der Waals surface area contributed by atoms with Crippen molar-refractivity contribution in [2.45, 2.75) is 108 Å². The number of phenolic OH excluding ortho intramolecular Hbond substituents is 2. The van der Waals surface area contributed by atoms with E-state index >= 15 is 0 Å². The molecule has 15 N–H and O–H groups in total. The van der Waals surface area contributed by atoms with Crippen molar-refractivity contribution in [1.29, 1.82) is 0 Å². The average Bonchev–Trinajstić information content (AvgIpc) is 1.98. The van der Waals surface area contributed by atoms with Crippen molar-refractivity contribution in [3.63, 3.8) is 0 Å². The average molecular weight is 1260 g/mol. The standard InChI is InChI=1S/C60H74N8O22/c69-47-18-11-37(26-40(47)31-67(33-54(78)79)24-25-68(34-55(80)81)32-41-27-38(12-19-48(41)70)14-21-52(74)75)13-20-49(71)62-30-50(72)64-46(59(87)88)29-39-9-15-42(16-10-39)90-35-51(73)63-45(28-36-6-2-1-3-7-36)56(82)61-23-5-4-8-43(57(83)84)65-60(89)66-44(58(85)86)17-22-53(76)77/h1-3,6-7,9-12,15-16,18-19,26-27,43-46,69-70H,4-5,8,13-14,17,20-25,28-35H2,(H,61,82)(H,62,71)(H,63,73)(H,64,72)(H,74,75)(H,76,77)(H,78,79)(H,80,81)(H,83,84)(H,85,86)(H,87,88)(H2,65,66,89)/t43-,44-,45-,46-/m0/s1. The molecule has 0 saturated heterocycles. The van der Waals surface area contributed by atoms with Crippen LogP contribution in [0.5, 0.6) is 17.2 Å². The van der Waals surface area contributed by atoms with Crippen molar-refractivity contribution < 1.29 is 108 Å². The van der Waals surface area contributed by atoms with Gasteiger partial charge in [-0.05, 0) is 85.0 Å². The van der Waals surface area contributed by atoms with Gasteiger partial charge >= 0.3 is 47.8 Å². The molecule has 4 aromatic carbocycles. The molecular formula is C60H74N8O22. The molecule has 30 heteroatoms. The number of ether oxygens (including phenoxy) is 1. The maximum Gasteiger partial charge on any atom is 0.326 e. The summed E-state index contributed by atoms with van der Waals surface area (Å²) >= 11 is 0. The van der Waals surface area contributed by atoms with Crippen molar-refractivity contribution in [2.75, 3.05) is 45.9 Å². The Bertz CT molecular complexity index is 3150. The van der Waals surface area contributed by atoms with E-state index < -0.39 is 135 Å². The van der Waals surface area contributed by atoms with Gasteiger partial charge in [0.1, 0.15) is 41.4 Å². The molecule has 0 aliphatic heterocycles. The van der Waals surface area contributed by atoms with Gasteiger partial charge in [0, 0.05) is 76.0 Å². The minimum absolute atomic E-state index is 0.00289. The Kier molecular flexibility index (Phi) is 29.9. The molecule has 4 rings (SSSR count). The Morgan fingerprint density at radius 3 is 1.47 bits per heavy atom. The van der Waals surface area contributed by atoms with Crippen LogP contribution in [0.25, 0.3) is 0 Å². The van der Waals surface area contributed by atoms with E-state index in [0.717, 1.165) is 0 Å². The van der Waals surface area contributed by atoms with E-state index in [0.29, 0.717) is 33.4 Å². The summed E-state index contributed by atoms with van der Waals surface area (Å²) in [5, 5.41) is 102. The fourth-order valence-electron chi connectivity index (χ4n) is 8.99. The Morgan fingerprint density at radius 1 is 0.456 bits per heavy atom. The summed E-state index contributed by atoms with van der Waals surface area (Å²) in [6.45, 7) is -2.25. The first-order chi connectivity index (χ1) is 42.7. The van der Waals surface area contributed by atoms with Crippen LogP contribution in [-0.4, -0.2) is 197 Å². The lowest BCUT2D eigenvalue weighted by Crippen LogP contribution is -2.51. The number of urea groups is 1. The van der Waals surface area contributed by atoms with E-state index in [9.17, 15) is 93.3 Å². The second-order valence-electron chi connectivity index (χ2n) is 20.8. The van der Waals surface area contributed by atoms with Gasteiger partial charge in [-0.25, -0.2) is 19.2 Å². The van der Waals surface area contributed by atoms with Gasteiger partial charge in [-0.1, -0.05) is 66.7 Å². The number of aliphatic carboxylic acids is 7. The van der Waals surface area contributed by atoms with Gasteiger partial charge in [0.25, 0.3) is 5.91 Å². The van der Waals surface area contributed by atoms with Crippen LogP contribution in [0.4, 0.5) is 4.79 Å². The quantitative estimate of drug-likeness (QED) is 0.0274. The number of aryl methyl sites for hydroxylation is 2. The van der Waals surface area contributed by atoms with E-state index in [4.69, 9.17) is 14.9 Å². The second-order valence-corrected chi connectivity index (χ2v) is 20.8. The van der Waals surface area contributed by atoms with Crippen LogP contribution < -0.4 is 36.6 Å². The molecule has 0 heterocycles. The predicted octanol–water partition coefficient (Wildman–Crippen LogP) is 0.912. The topological polar surface area (TPSA) is 475 Å². The highest BCUT2D eigenvalue weighted by Gasteiger charge is 2.27. The van der Waals surface area contributed by atoms with Gasteiger partial charge in [0.15, 0.2) is 6.61 Å². The number of unbranched alkanes of at least 4 members (excludes halogenated alkanes) is 1. The van der Waals surface area contributed by atoms with E-state index in [1.54, 1.807) is 54.6 Å². The third-order valence-electron chi connectivity index (χ3n) is 13.6. The highest BCUT2D eigenvalue weighted by Crippen LogP contribution is 2.24. The van der Waals surface area contributed by atoms with E-state index in [2.05, 4.69) is 26.6 Å². The molecular weight excluding hydrogens is 1180 g/mol. The maximum atomic E-state index is 13.4. The molecule has 0 aliphatic rings. The number of carbonyl (C=O) groups excluding carboxylic acids is 5. The molecule has 0 spiro atoms. The molecule has 0 aromatic heterocycles. The van der Waals surface area contributed by atoms with Crippen LogP contribution in [0.15, 0.2) is 91.0 Å². The molecule has 30 nitrogen and oxygen atoms in total. The minimum atomic E-state index is -1.58. The number of amides is 6. The molecule has 0 saturated carbocycles. The summed E-state index contributed by atoms with van der Waals surface area (Å²) in [7, 11) is 0. The van der Waals surface area contributed by atoms with Crippen LogP contribution in [0, 0.1) is 0 Å². The van der Waals surface area contributed by atoms with Crippen LogP contribution in [0.3, 0.4) is 0 Å². The third-order valence-corrected chi connectivity index (χ3v) is 13.6. The van der Waals surface area contributed by atoms with Crippen molar-refractivity contribution in [3.05, 3.63) is 124 Å². The van der Waals surface area contributed by atoms with E-state index in [1.807, 2.05) is 5.32 Å². The summed E-state index contributed by atoms with van der Waals surface area (Å²) in [4.78, 5) is 149. The van der Waals surface area contributed by atoms with Gasteiger partial charge < -0.3 is 82.6 Å². The van der Waals surface area contributed by atoms with Crippen molar-refractivity contribution in [2.24, 2.45) is 0 Å². The first kappa shape index (κ1) is 72.1. The van der Waals surface area contributed by atoms with E-state index in [1.165, 1.54) is 46.2 Å². The van der Waals surface area contributed by atoms with Crippen LogP contribution in [0.1, 0.15) is 78.3 Å². The normalized spacial score (nSPS) is 12.3. The van der Waals surface area contributed by atoms with Crippen LogP contribution >= 0.6 is 0 Å². The monoisotopic (exact) mass is 1260 g/mol. The SMILES string of the molecule is O=C(O)CCc1ccc(O)c(CN(CCN(CC(=O)O)Cc2cc(CCC(=O)NCC(=O)N[C@@H](Cc3ccc(OCC(=O)N[C@@H](Cc4ccccc4)C(=O)NCCCC[C@H](NC(=O)N[C@@H](CCC(=O)O)C(=O)O)C(=O)O)cc3)C(=O)O)ccc2O)CC(=O)O)c1. The minimum Gasteiger partial charge on any atom is -0.508 e. The lowest BCUT2D eigenvalue weighted by atomic mass is 10.0. The van der Waals surface area contributed by atoms with Gasteiger partial charge in [0.05, 0.1) is 19.6 Å². The number of nitrogens with zero attached hydrogens (tertiary/aromatic N) is 2. The molecule has 0 bridgehead atoms. The molecule has 90 heavy (non-hydrogen) atoms. The number of rotatable bonds is 42. The van der Waals surface area contributed by atoms with Gasteiger partial charge in [-0.2, -0.15) is 0 Å². The smallest absolute Gasteiger partial charge is 0.326 e. The van der Waals surface area contributed by atoms with Crippen molar-refractivity contribution in [1.82, 2.24) is 41.7 Å². The number of carboxylic acids is 7. The molecule has 0 unspecified atom stereocenters. The maximum absolute atomic E-state index is 13.4. The zero-order valence-electron chi connectivity index (χ0n) is 48.8. The predicted molar refractivity (Wildman–Crippen MR) is 315 cm³/mol. The number of hydrogen-bond acceptors (Lipinski definition) is 17. The summed E-state index contributed by atoms with van der Waals surface area (Å²) in [6.07, 6.45) is -0.859. The van der Waals surface area contributed by atoms with Gasteiger partial charge in [-0.3, -0.25) is 48.2 Å². The zero-order valence-corrected chi connectivity index (χ0v) is 48.8. The Labute approximate surface area is 515 Å². The van der Waals surface area contributed by atoms with Gasteiger partial charge in [-0.15, -0.1) is 0 Å². The van der Waals surface area contributed by atoms with Gasteiger partial charge in [0.2, 0.25) is 17.7 Å². The largest absolute Gasteiger partial charge is 0.508 e. The highest BCUT2D eigenvalue weighted by molar-refractivity contribution is 5.89. The fourth-order valence-corrected chi connectivity index (χ4v) is 8.99. The Hall–Kier alpha value is -10.4. The molecule has 0 radical (unpaired) electrons. The summed E-state index contributed by atoms with van der Waals surface area (Å²) in [6, 6.07) is 17.0. The molecule has 0 aliphatic carbocycles. The number of benzene rings is 4. The van der Waals surface area contributed by atoms with Crippen LogP contribution in [0.2, 0.25) is 0 Å². The number of hydrogen-bond donors (Lipinski definition) is 15. The lowest BCUT2D eigenvalue weighted by molar-refractivity contribution is -0.142. The molecule has 4 atom stereocenters. The highest BCUT2D eigenvalue weighted by atomic mass is 16.5. The molecule has 0 fully saturated rings. The summed E-state index contributed by atoms with van der Waals surface area (Å²) in [5.41, 5.74) is 2.94. The van der Waals surface area contributed by atoms with Crippen LogP contribution in [-0.2, 0) is 91.5 Å². The van der Waals surface area contributed by atoms with Crippen molar-refractivity contribution in [3.8, 4) is 17.2 Å². The van der Waals surface area contributed by atoms with E-state index in [-0.39, 0.29) is 108 Å². The van der Waals surface area contributed by atoms with Crippen molar-refractivity contribution >= 4 is 71.4 Å². The summed E-state index contributed by atoms with van der Waals surface area (Å²) < 4.78 is 5.63.